The quantitative estimate of drug-likeness (QED) is 0.538. The van der Waals surface area contributed by atoms with Gasteiger partial charge in [0.15, 0.2) is 11.5 Å². The molecule has 6 nitrogen and oxygen atoms in total. The molecule has 0 N–H and O–H groups in total. The average Bonchev–Trinajstić information content (AvgIpc) is 2.88. The molecule has 0 spiro atoms. The highest BCUT2D eigenvalue weighted by atomic mass is 19.3. The molecule has 0 aromatic heterocycles. The second-order valence-electron chi connectivity index (χ2n) is 6.78. The summed E-state index contributed by atoms with van der Waals surface area (Å²) < 4.78 is 34.3. The number of carbonyl (C=O) groups excluding carboxylic acids is 2. The summed E-state index contributed by atoms with van der Waals surface area (Å²) in [6.07, 6.45) is 5.13. The zero-order valence-electron chi connectivity index (χ0n) is 15.2. The van der Waals surface area contributed by atoms with Crippen molar-refractivity contribution in [2.45, 2.75) is 26.0 Å². The summed E-state index contributed by atoms with van der Waals surface area (Å²) in [5.74, 6) is -0.588. The molecule has 146 valence electrons. The third-order valence-corrected chi connectivity index (χ3v) is 4.88. The Hall–Kier alpha value is -2.48. The van der Waals surface area contributed by atoms with Gasteiger partial charge in [-0.15, -0.1) is 0 Å². The molecule has 2 aliphatic rings. The van der Waals surface area contributed by atoms with Crippen LogP contribution >= 0.6 is 0 Å². The number of nitrogens with zero attached hydrogens (tertiary/aromatic N) is 2. The van der Waals surface area contributed by atoms with Gasteiger partial charge in [0, 0.05) is 6.54 Å². The fourth-order valence-electron chi connectivity index (χ4n) is 3.62. The summed E-state index contributed by atoms with van der Waals surface area (Å²) in [6, 6.07) is 4.67. The number of hydrogen-bond acceptors (Lipinski definition) is 5. The van der Waals surface area contributed by atoms with Gasteiger partial charge >= 0.3 is 6.61 Å². The maximum Gasteiger partial charge on any atom is 0.387 e. The minimum Gasteiger partial charge on any atom is -0.493 e. The lowest BCUT2D eigenvalue weighted by atomic mass is 9.85. The number of imide groups is 1. The smallest absolute Gasteiger partial charge is 0.387 e. The minimum atomic E-state index is -2.93. The van der Waals surface area contributed by atoms with Crippen molar-refractivity contribution in [2.24, 2.45) is 11.8 Å². The number of carbonyl (C=O) groups is 2. The molecule has 1 aliphatic heterocycles. The van der Waals surface area contributed by atoms with Crippen molar-refractivity contribution in [1.82, 2.24) is 9.80 Å². The van der Waals surface area contributed by atoms with E-state index >= 15 is 0 Å². The average molecular weight is 380 g/mol. The topological polar surface area (TPSA) is 59.1 Å². The number of hydrogen-bond donors (Lipinski definition) is 0. The maximum absolute atomic E-state index is 12.5. The molecule has 1 aromatic rings. The number of allylic oxidation sites excluding steroid dienone is 2. The van der Waals surface area contributed by atoms with Crippen LogP contribution in [-0.2, 0) is 16.1 Å². The van der Waals surface area contributed by atoms with Gasteiger partial charge in [0.1, 0.15) is 0 Å². The van der Waals surface area contributed by atoms with E-state index in [1.54, 1.807) is 19.2 Å². The molecule has 1 aromatic carbocycles. The highest BCUT2D eigenvalue weighted by molar-refractivity contribution is 6.05. The van der Waals surface area contributed by atoms with Crippen LogP contribution in [0.1, 0.15) is 18.4 Å². The molecule has 2 amide bonds. The Labute approximate surface area is 156 Å². The third-order valence-electron chi connectivity index (χ3n) is 4.88. The Kier molecular flexibility index (Phi) is 5.74. The van der Waals surface area contributed by atoms with Crippen LogP contribution in [0.4, 0.5) is 8.78 Å². The number of likely N-dealkylation sites (tertiary alicyclic amines) is 1. The predicted octanol–water partition coefficient (Wildman–Crippen LogP) is 2.64. The Bertz CT molecular complexity index is 727. The van der Waals surface area contributed by atoms with Crippen molar-refractivity contribution in [3.63, 3.8) is 0 Å². The Morgan fingerprint density at radius 2 is 1.78 bits per heavy atom. The summed E-state index contributed by atoms with van der Waals surface area (Å²) in [7, 11) is 3.16. The first-order chi connectivity index (χ1) is 12.9. The van der Waals surface area contributed by atoms with Crippen molar-refractivity contribution >= 4 is 11.8 Å². The molecule has 3 rings (SSSR count). The van der Waals surface area contributed by atoms with Gasteiger partial charge in [0.05, 0.1) is 25.6 Å². The fourth-order valence-corrected chi connectivity index (χ4v) is 3.62. The van der Waals surface area contributed by atoms with Crippen LogP contribution < -0.4 is 9.47 Å². The van der Waals surface area contributed by atoms with Gasteiger partial charge in [-0.25, -0.2) is 0 Å². The third kappa shape index (κ3) is 4.10. The number of amides is 2. The fraction of sp³-hybridized carbons (Fsp3) is 0.474. The first-order valence-corrected chi connectivity index (χ1v) is 8.71. The van der Waals surface area contributed by atoms with E-state index in [-0.39, 0.29) is 41.8 Å². The lowest BCUT2D eigenvalue weighted by molar-refractivity contribution is -0.142. The molecule has 1 saturated heterocycles. The Balaban J connectivity index is 1.65. The molecule has 1 aliphatic carbocycles. The molecular formula is C19H22F2N2O4. The summed E-state index contributed by atoms with van der Waals surface area (Å²) in [6.45, 7) is -2.34. The van der Waals surface area contributed by atoms with Crippen molar-refractivity contribution in [3.05, 3.63) is 35.9 Å². The first-order valence-electron chi connectivity index (χ1n) is 8.71. The first kappa shape index (κ1) is 19.3. The molecular weight excluding hydrogens is 358 g/mol. The molecule has 1 fully saturated rings. The zero-order chi connectivity index (χ0) is 19.6. The van der Waals surface area contributed by atoms with E-state index in [4.69, 9.17) is 4.74 Å². The second kappa shape index (κ2) is 8.04. The van der Waals surface area contributed by atoms with Crippen LogP contribution in [-0.4, -0.2) is 49.1 Å². The Morgan fingerprint density at radius 1 is 1.15 bits per heavy atom. The lowest BCUT2D eigenvalue weighted by Gasteiger charge is -2.23. The number of methoxy groups -OCH3 is 1. The van der Waals surface area contributed by atoms with Gasteiger partial charge < -0.3 is 9.47 Å². The highest BCUT2D eigenvalue weighted by Crippen LogP contribution is 2.35. The molecule has 8 heteroatoms. The summed E-state index contributed by atoms with van der Waals surface area (Å²) >= 11 is 0. The largest absolute Gasteiger partial charge is 0.493 e. The van der Waals surface area contributed by atoms with E-state index in [0.29, 0.717) is 19.4 Å². The number of rotatable bonds is 7. The van der Waals surface area contributed by atoms with E-state index in [9.17, 15) is 18.4 Å². The van der Waals surface area contributed by atoms with E-state index in [2.05, 4.69) is 4.74 Å². The summed E-state index contributed by atoms with van der Waals surface area (Å²) in [4.78, 5) is 28.2. The van der Waals surface area contributed by atoms with Crippen LogP contribution in [0.5, 0.6) is 11.5 Å². The number of halogens is 2. The SMILES string of the molecule is COc1cc(CN(C)CN2C(=O)C3CC=CCC3C2=O)ccc1OC(F)F. The number of alkyl halides is 2. The van der Waals surface area contributed by atoms with Gasteiger partial charge in [-0.05, 0) is 37.6 Å². The maximum atomic E-state index is 12.5. The Morgan fingerprint density at radius 3 is 2.33 bits per heavy atom. The van der Waals surface area contributed by atoms with Gasteiger partial charge in [-0.2, -0.15) is 8.78 Å². The van der Waals surface area contributed by atoms with Crippen LogP contribution in [0.15, 0.2) is 30.4 Å². The number of ether oxygens (including phenoxy) is 2. The predicted molar refractivity (Wildman–Crippen MR) is 93.2 cm³/mol. The molecule has 2 unspecified atom stereocenters. The minimum absolute atomic E-state index is 0.0413. The summed E-state index contributed by atoms with van der Waals surface area (Å²) in [5.41, 5.74) is 0.786. The van der Waals surface area contributed by atoms with Crippen LogP contribution in [0.3, 0.4) is 0 Å². The van der Waals surface area contributed by atoms with E-state index in [1.807, 2.05) is 17.1 Å². The number of benzene rings is 1. The monoisotopic (exact) mass is 380 g/mol. The van der Waals surface area contributed by atoms with Crippen LogP contribution in [0.25, 0.3) is 0 Å². The number of fused-ring (bicyclic) bond motifs is 1. The summed E-state index contributed by atoms with van der Waals surface area (Å²) in [5, 5.41) is 0. The molecule has 27 heavy (non-hydrogen) atoms. The molecule has 2 atom stereocenters. The van der Waals surface area contributed by atoms with Gasteiger partial charge in [0.2, 0.25) is 11.8 Å². The van der Waals surface area contributed by atoms with Crippen LogP contribution in [0, 0.1) is 11.8 Å². The highest BCUT2D eigenvalue weighted by Gasteiger charge is 2.47. The normalized spacial score (nSPS) is 21.9. The van der Waals surface area contributed by atoms with Gasteiger partial charge in [-0.3, -0.25) is 19.4 Å². The second-order valence-corrected chi connectivity index (χ2v) is 6.78. The zero-order valence-corrected chi connectivity index (χ0v) is 15.2. The van der Waals surface area contributed by atoms with Crippen molar-refractivity contribution in [3.8, 4) is 11.5 Å². The molecule has 0 bridgehead atoms. The molecule has 0 saturated carbocycles. The van der Waals surface area contributed by atoms with Crippen LogP contribution in [0.2, 0.25) is 0 Å². The van der Waals surface area contributed by atoms with Crippen molar-refractivity contribution in [2.75, 3.05) is 20.8 Å². The van der Waals surface area contributed by atoms with E-state index in [0.717, 1.165) is 5.56 Å². The standard InChI is InChI=1S/C19H22F2N2O4/c1-22(10-12-7-8-15(27-19(20)21)16(9-12)26-2)11-23-17(24)13-5-3-4-6-14(13)18(23)25/h3-4,7-9,13-14,19H,5-6,10-11H2,1-2H3. The molecule has 0 radical (unpaired) electrons. The van der Waals surface area contributed by atoms with Crippen molar-refractivity contribution in [1.29, 1.82) is 0 Å². The van der Waals surface area contributed by atoms with E-state index in [1.165, 1.54) is 18.1 Å². The van der Waals surface area contributed by atoms with Gasteiger partial charge in [-0.1, -0.05) is 18.2 Å². The van der Waals surface area contributed by atoms with Crippen molar-refractivity contribution < 1.29 is 27.8 Å². The lowest BCUT2D eigenvalue weighted by Crippen LogP contribution is -2.40. The van der Waals surface area contributed by atoms with E-state index < -0.39 is 6.61 Å². The van der Waals surface area contributed by atoms with Gasteiger partial charge in [0.25, 0.3) is 0 Å². The molecule has 1 heterocycles.